The first-order valence-corrected chi connectivity index (χ1v) is 6.04. The minimum Gasteiger partial charge on any atom is -0.492 e. The molecule has 0 atom stereocenters. The second-order valence-electron chi connectivity index (χ2n) is 4.58. The summed E-state index contributed by atoms with van der Waals surface area (Å²) in [5.74, 6) is 0.165. The van der Waals surface area contributed by atoms with Gasteiger partial charge in [-0.2, -0.15) is 0 Å². The van der Waals surface area contributed by atoms with Crippen molar-refractivity contribution in [3.05, 3.63) is 24.0 Å². The summed E-state index contributed by atoms with van der Waals surface area (Å²) in [6.45, 7) is 4.07. The third-order valence-corrected chi connectivity index (χ3v) is 3.05. The van der Waals surface area contributed by atoms with Gasteiger partial charge >= 0.3 is 0 Å². The highest BCUT2D eigenvalue weighted by atomic mass is 19.1. The van der Waals surface area contributed by atoms with E-state index in [1.165, 1.54) is 12.1 Å². The van der Waals surface area contributed by atoms with Crippen molar-refractivity contribution in [3.8, 4) is 5.75 Å². The zero-order valence-corrected chi connectivity index (χ0v) is 10.4. The minimum absolute atomic E-state index is 0.0746. The van der Waals surface area contributed by atoms with Crippen molar-refractivity contribution in [1.29, 1.82) is 0 Å². The topological polar surface area (TPSA) is 50.7 Å². The van der Waals surface area contributed by atoms with Crippen molar-refractivity contribution < 1.29 is 19.0 Å². The Bertz CT molecular complexity index is 402. The van der Waals surface area contributed by atoms with Gasteiger partial charge in [0.25, 0.3) is 0 Å². The van der Waals surface area contributed by atoms with E-state index in [2.05, 4.69) is 5.32 Å². The van der Waals surface area contributed by atoms with Crippen molar-refractivity contribution in [1.82, 2.24) is 0 Å². The summed E-state index contributed by atoms with van der Waals surface area (Å²) in [6.07, 6.45) is 0. The highest BCUT2D eigenvalue weighted by Gasteiger charge is 2.37. The van der Waals surface area contributed by atoms with Crippen LogP contribution in [0.3, 0.4) is 0 Å². The number of nitrogens with one attached hydrogen (secondary N) is 1. The lowest BCUT2D eigenvalue weighted by Crippen LogP contribution is -2.50. The molecule has 2 rings (SSSR count). The number of benzene rings is 1. The number of aliphatic hydroxyl groups excluding tert-OH is 1. The fourth-order valence-corrected chi connectivity index (χ4v) is 1.84. The van der Waals surface area contributed by atoms with E-state index < -0.39 is 0 Å². The lowest BCUT2D eigenvalue weighted by Gasteiger charge is -2.40. The molecule has 5 heteroatoms. The summed E-state index contributed by atoms with van der Waals surface area (Å²) in [4.78, 5) is 0. The number of hydrogen-bond donors (Lipinski definition) is 2. The molecule has 1 aliphatic heterocycles. The highest BCUT2D eigenvalue weighted by Crippen LogP contribution is 2.30. The number of halogens is 1. The molecule has 0 amide bonds. The summed E-state index contributed by atoms with van der Waals surface area (Å²) < 4.78 is 23.6. The molecule has 1 fully saturated rings. The van der Waals surface area contributed by atoms with Gasteiger partial charge in [-0.1, -0.05) is 0 Å². The van der Waals surface area contributed by atoms with Crippen LogP contribution >= 0.6 is 0 Å². The van der Waals surface area contributed by atoms with Crippen LogP contribution in [0.25, 0.3) is 0 Å². The molecule has 0 bridgehead atoms. The molecule has 18 heavy (non-hydrogen) atoms. The van der Waals surface area contributed by atoms with Crippen LogP contribution in [0.1, 0.15) is 6.92 Å². The van der Waals surface area contributed by atoms with Gasteiger partial charge in [-0.25, -0.2) is 4.39 Å². The molecular formula is C13H18FNO3. The zero-order valence-electron chi connectivity index (χ0n) is 10.4. The van der Waals surface area contributed by atoms with Crippen LogP contribution < -0.4 is 10.1 Å². The van der Waals surface area contributed by atoms with Crippen LogP contribution in [-0.4, -0.2) is 38.1 Å². The molecule has 0 aromatic heterocycles. The molecule has 4 nitrogen and oxygen atoms in total. The van der Waals surface area contributed by atoms with E-state index in [9.17, 15) is 9.50 Å². The largest absolute Gasteiger partial charge is 0.492 e. The van der Waals surface area contributed by atoms with Gasteiger partial charge in [0.15, 0.2) is 0 Å². The Labute approximate surface area is 106 Å². The van der Waals surface area contributed by atoms with Gasteiger partial charge in [0.2, 0.25) is 0 Å². The smallest absolute Gasteiger partial charge is 0.145 e. The SMILES string of the molecule is CCOc1cc(F)ccc1NCC1(CO)COC1. The van der Waals surface area contributed by atoms with Crippen molar-refractivity contribution in [2.24, 2.45) is 5.41 Å². The predicted octanol–water partition coefficient (Wildman–Crippen LogP) is 1.65. The van der Waals surface area contributed by atoms with Crippen molar-refractivity contribution in [2.45, 2.75) is 6.92 Å². The normalized spacial score (nSPS) is 17.1. The fourth-order valence-electron chi connectivity index (χ4n) is 1.84. The molecule has 0 unspecified atom stereocenters. The van der Waals surface area contributed by atoms with Crippen LogP contribution in [0.15, 0.2) is 18.2 Å². The highest BCUT2D eigenvalue weighted by molar-refractivity contribution is 5.56. The molecular weight excluding hydrogens is 237 g/mol. The molecule has 0 radical (unpaired) electrons. The van der Waals surface area contributed by atoms with Gasteiger partial charge in [0.1, 0.15) is 11.6 Å². The first-order valence-electron chi connectivity index (χ1n) is 6.04. The second-order valence-corrected chi connectivity index (χ2v) is 4.58. The van der Waals surface area contributed by atoms with Gasteiger partial charge in [-0.05, 0) is 19.1 Å². The van der Waals surface area contributed by atoms with Crippen LogP contribution in [0.2, 0.25) is 0 Å². The van der Waals surface area contributed by atoms with Crippen LogP contribution in [-0.2, 0) is 4.74 Å². The number of rotatable bonds is 6. The van der Waals surface area contributed by atoms with Gasteiger partial charge in [-0.15, -0.1) is 0 Å². The maximum atomic E-state index is 13.1. The van der Waals surface area contributed by atoms with E-state index in [1.54, 1.807) is 6.07 Å². The summed E-state index contributed by atoms with van der Waals surface area (Å²) in [7, 11) is 0. The summed E-state index contributed by atoms with van der Waals surface area (Å²) in [5.41, 5.74) is 0.510. The van der Waals surface area contributed by atoms with E-state index in [0.717, 1.165) is 5.69 Å². The molecule has 1 heterocycles. The average molecular weight is 255 g/mol. The van der Waals surface area contributed by atoms with Crippen LogP contribution in [0.4, 0.5) is 10.1 Å². The van der Waals surface area contributed by atoms with Crippen LogP contribution in [0, 0.1) is 11.2 Å². The van der Waals surface area contributed by atoms with Gasteiger partial charge in [0, 0.05) is 12.6 Å². The number of hydrogen-bond acceptors (Lipinski definition) is 4. The molecule has 0 spiro atoms. The Morgan fingerprint density at radius 2 is 2.28 bits per heavy atom. The summed E-state index contributed by atoms with van der Waals surface area (Å²) in [6, 6.07) is 4.38. The lowest BCUT2D eigenvalue weighted by atomic mass is 9.87. The molecule has 1 aromatic carbocycles. The Hall–Kier alpha value is -1.33. The molecule has 2 N–H and O–H groups in total. The second kappa shape index (κ2) is 5.54. The van der Waals surface area contributed by atoms with E-state index in [1.807, 2.05) is 6.92 Å². The standard InChI is InChI=1S/C13H18FNO3/c1-2-18-12-5-10(14)3-4-11(12)15-6-13(7-16)8-17-9-13/h3-5,15-16H,2,6-9H2,1H3. The van der Waals surface area contributed by atoms with E-state index >= 15 is 0 Å². The van der Waals surface area contributed by atoms with E-state index in [0.29, 0.717) is 32.1 Å². The number of aliphatic hydroxyl groups is 1. The third-order valence-electron chi connectivity index (χ3n) is 3.05. The van der Waals surface area contributed by atoms with Gasteiger partial charge in [-0.3, -0.25) is 0 Å². The van der Waals surface area contributed by atoms with Crippen molar-refractivity contribution in [3.63, 3.8) is 0 Å². The minimum atomic E-state index is -0.326. The number of ether oxygens (including phenoxy) is 2. The maximum absolute atomic E-state index is 13.1. The third kappa shape index (κ3) is 2.73. The quantitative estimate of drug-likeness (QED) is 0.811. The Morgan fingerprint density at radius 1 is 1.50 bits per heavy atom. The number of anilines is 1. The zero-order chi connectivity index (χ0) is 13.0. The Morgan fingerprint density at radius 3 is 2.83 bits per heavy atom. The van der Waals surface area contributed by atoms with Crippen molar-refractivity contribution >= 4 is 5.69 Å². The van der Waals surface area contributed by atoms with Crippen molar-refractivity contribution in [2.75, 3.05) is 38.3 Å². The molecule has 0 aliphatic carbocycles. The van der Waals surface area contributed by atoms with Gasteiger partial charge < -0.3 is 19.9 Å². The Balaban J connectivity index is 2.04. The van der Waals surface area contributed by atoms with Crippen LogP contribution in [0.5, 0.6) is 5.75 Å². The van der Waals surface area contributed by atoms with E-state index in [-0.39, 0.29) is 17.8 Å². The molecule has 1 aromatic rings. The molecule has 1 aliphatic rings. The van der Waals surface area contributed by atoms with Gasteiger partial charge in [0.05, 0.1) is 37.5 Å². The predicted molar refractivity (Wildman–Crippen MR) is 66.4 cm³/mol. The maximum Gasteiger partial charge on any atom is 0.145 e. The molecule has 100 valence electrons. The summed E-state index contributed by atoms with van der Waals surface area (Å²) in [5, 5.41) is 12.5. The Kier molecular flexibility index (Phi) is 4.04. The summed E-state index contributed by atoms with van der Waals surface area (Å²) >= 11 is 0. The lowest BCUT2D eigenvalue weighted by molar-refractivity contribution is -0.128. The van der Waals surface area contributed by atoms with E-state index in [4.69, 9.17) is 9.47 Å². The fraction of sp³-hybridized carbons (Fsp3) is 0.538. The monoisotopic (exact) mass is 255 g/mol. The molecule has 0 saturated carbocycles. The first kappa shape index (κ1) is 13.1. The average Bonchev–Trinajstić information content (AvgIpc) is 2.31. The molecule has 1 saturated heterocycles. The first-order chi connectivity index (χ1) is 8.69.